The van der Waals surface area contributed by atoms with Crippen LogP contribution in [0.4, 0.5) is 4.79 Å². The highest BCUT2D eigenvalue weighted by atomic mass is 16.6. The molecule has 150 valence electrons. The summed E-state index contributed by atoms with van der Waals surface area (Å²) in [6.45, 7) is 9.50. The molecule has 1 heterocycles. The van der Waals surface area contributed by atoms with Gasteiger partial charge in [0.2, 0.25) is 5.91 Å². The van der Waals surface area contributed by atoms with Gasteiger partial charge in [0.1, 0.15) is 17.7 Å². The Hall–Kier alpha value is -1.83. The van der Waals surface area contributed by atoms with E-state index in [1.807, 2.05) is 0 Å². The molecule has 2 atom stereocenters. The number of alkyl carbamates (subject to hydrolysis) is 1. The maximum atomic E-state index is 12.3. The van der Waals surface area contributed by atoms with E-state index in [2.05, 4.69) is 15.5 Å². The van der Waals surface area contributed by atoms with E-state index < -0.39 is 35.7 Å². The summed E-state index contributed by atoms with van der Waals surface area (Å²) < 4.78 is 9.93. The SMILES string of the molecule is COC(=O)[C@H](CCN1CCCCC1)NC(=O)[C@H](C)NC(=O)OC(C)(C)C. The van der Waals surface area contributed by atoms with Crippen molar-refractivity contribution < 1.29 is 23.9 Å². The molecule has 2 N–H and O–H groups in total. The highest BCUT2D eigenvalue weighted by Gasteiger charge is 2.27. The maximum absolute atomic E-state index is 12.3. The van der Waals surface area contributed by atoms with Crippen LogP contribution in [-0.2, 0) is 19.1 Å². The summed E-state index contributed by atoms with van der Waals surface area (Å²) >= 11 is 0. The summed E-state index contributed by atoms with van der Waals surface area (Å²) in [6, 6.07) is -1.57. The van der Waals surface area contributed by atoms with Crippen molar-refractivity contribution in [2.24, 2.45) is 0 Å². The number of likely N-dealkylation sites (tertiary alicyclic amines) is 1. The fourth-order valence-electron chi connectivity index (χ4n) is 2.73. The van der Waals surface area contributed by atoms with Crippen molar-refractivity contribution >= 4 is 18.0 Å². The monoisotopic (exact) mass is 371 g/mol. The molecule has 1 saturated heterocycles. The molecule has 0 spiro atoms. The number of hydrogen-bond acceptors (Lipinski definition) is 6. The first-order chi connectivity index (χ1) is 12.1. The molecule has 8 nitrogen and oxygen atoms in total. The summed E-state index contributed by atoms with van der Waals surface area (Å²) in [5, 5.41) is 5.13. The summed E-state index contributed by atoms with van der Waals surface area (Å²) in [5.74, 6) is -0.940. The van der Waals surface area contributed by atoms with Crippen molar-refractivity contribution in [2.75, 3.05) is 26.7 Å². The number of amides is 2. The van der Waals surface area contributed by atoms with Crippen molar-refractivity contribution in [3.8, 4) is 0 Å². The Kier molecular flexibility index (Phi) is 8.84. The van der Waals surface area contributed by atoms with Crippen molar-refractivity contribution in [1.29, 1.82) is 0 Å². The minimum atomic E-state index is -0.827. The van der Waals surface area contributed by atoms with Crippen molar-refractivity contribution in [2.45, 2.75) is 71.1 Å². The fraction of sp³-hybridized carbons (Fsp3) is 0.833. The van der Waals surface area contributed by atoms with Crippen LogP contribution in [0.2, 0.25) is 0 Å². The number of carbonyl (C=O) groups is 3. The van der Waals surface area contributed by atoms with E-state index in [-0.39, 0.29) is 0 Å². The van der Waals surface area contributed by atoms with Crippen LogP contribution >= 0.6 is 0 Å². The molecule has 0 aromatic heterocycles. The number of nitrogens with one attached hydrogen (secondary N) is 2. The van der Waals surface area contributed by atoms with Gasteiger partial charge in [-0.25, -0.2) is 9.59 Å². The third-order valence-electron chi connectivity index (χ3n) is 4.11. The number of hydrogen-bond donors (Lipinski definition) is 2. The van der Waals surface area contributed by atoms with Gasteiger partial charge in [-0.3, -0.25) is 4.79 Å². The number of rotatable bonds is 7. The van der Waals surface area contributed by atoms with Gasteiger partial charge >= 0.3 is 12.1 Å². The van der Waals surface area contributed by atoms with Gasteiger partial charge in [0.15, 0.2) is 0 Å². The van der Waals surface area contributed by atoms with Gasteiger partial charge in [-0.2, -0.15) is 0 Å². The lowest BCUT2D eigenvalue weighted by molar-refractivity contribution is -0.145. The van der Waals surface area contributed by atoms with E-state index in [9.17, 15) is 14.4 Å². The van der Waals surface area contributed by atoms with Crippen molar-refractivity contribution in [3.05, 3.63) is 0 Å². The second-order valence-corrected chi connectivity index (χ2v) is 7.64. The van der Waals surface area contributed by atoms with Crippen LogP contribution in [0, 0.1) is 0 Å². The Morgan fingerprint density at radius 2 is 1.69 bits per heavy atom. The third-order valence-corrected chi connectivity index (χ3v) is 4.11. The van der Waals surface area contributed by atoms with Crippen molar-refractivity contribution in [3.63, 3.8) is 0 Å². The molecule has 1 rings (SSSR count). The lowest BCUT2D eigenvalue weighted by atomic mass is 10.1. The van der Waals surface area contributed by atoms with Gasteiger partial charge in [-0.1, -0.05) is 6.42 Å². The van der Waals surface area contributed by atoms with Crippen LogP contribution in [0.3, 0.4) is 0 Å². The third kappa shape index (κ3) is 8.51. The molecule has 1 aliphatic rings. The summed E-state index contributed by atoms with van der Waals surface area (Å²) in [7, 11) is 1.30. The number of ether oxygens (including phenoxy) is 2. The molecule has 2 amide bonds. The summed E-state index contributed by atoms with van der Waals surface area (Å²) in [4.78, 5) is 38.4. The van der Waals surface area contributed by atoms with Gasteiger partial charge in [-0.05, 0) is 60.0 Å². The maximum Gasteiger partial charge on any atom is 0.408 e. The van der Waals surface area contributed by atoms with Gasteiger partial charge in [0.25, 0.3) is 0 Å². The number of methoxy groups -OCH3 is 1. The Labute approximate surface area is 156 Å². The van der Waals surface area contributed by atoms with E-state index in [1.165, 1.54) is 20.5 Å². The van der Waals surface area contributed by atoms with Crippen LogP contribution in [0.15, 0.2) is 0 Å². The molecular formula is C18H33N3O5. The fourth-order valence-corrected chi connectivity index (χ4v) is 2.73. The highest BCUT2D eigenvalue weighted by molar-refractivity contribution is 5.89. The molecule has 8 heteroatoms. The number of piperidine rings is 1. The normalized spacial score (nSPS) is 17.7. The lowest BCUT2D eigenvalue weighted by Crippen LogP contribution is -2.52. The molecule has 0 aromatic carbocycles. The van der Waals surface area contributed by atoms with E-state index in [0.717, 1.165) is 25.9 Å². The predicted octanol–water partition coefficient (Wildman–Crippen LogP) is 1.43. The van der Waals surface area contributed by atoms with Crippen LogP contribution in [0.1, 0.15) is 53.4 Å². The zero-order valence-electron chi connectivity index (χ0n) is 16.6. The van der Waals surface area contributed by atoms with Crippen LogP contribution in [-0.4, -0.2) is 67.3 Å². The number of nitrogens with zero attached hydrogens (tertiary/aromatic N) is 1. The topological polar surface area (TPSA) is 97.0 Å². The van der Waals surface area contributed by atoms with Gasteiger partial charge in [-0.15, -0.1) is 0 Å². The zero-order chi connectivity index (χ0) is 19.7. The second-order valence-electron chi connectivity index (χ2n) is 7.64. The molecule has 0 aliphatic carbocycles. The molecular weight excluding hydrogens is 338 g/mol. The first-order valence-electron chi connectivity index (χ1n) is 9.22. The standard InChI is InChI=1S/C18H33N3O5/c1-13(19-17(24)26-18(2,3)4)15(22)20-14(16(23)25-5)9-12-21-10-7-6-8-11-21/h13-14H,6-12H2,1-5H3,(H,19,24)(H,20,22)/t13-,14-/m0/s1. The van der Waals surface area contributed by atoms with E-state index in [1.54, 1.807) is 20.8 Å². The van der Waals surface area contributed by atoms with E-state index >= 15 is 0 Å². The Morgan fingerprint density at radius 3 is 2.23 bits per heavy atom. The minimum Gasteiger partial charge on any atom is -0.467 e. The first-order valence-corrected chi connectivity index (χ1v) is 9.22. The van der Waals surface area contributed by atoms with Gasteiger partial charge < -0.3 is 25.0 Å². The second kappa shape index (κ2) is 10.4. The van der Waals surface area contributed by atoms with Gasteiger partial charge in [0, 0.05) is 6.54 Å². The molecule has 0 aromatic rings. The molecule has 0 radical (unpaired) electrons. The molecule has 0 unspecified atom stereocenters. The number of esters is 1. The quantitative estimate of drug-likeness (QED) is 0.657. The number of carbonyl (C=O) groups excluding carboxylic acids is 3. The van der Waals surface area contributed by atoms with Crippen LogP contribution in [0.5, 0.6) is 0 Å². The average Bonchev–Trinajstić information content (AvgIpc) is 2.56. The van der Waals surface area contributed by atoms with E-state index in [4.69, 9.17) is 9.47 Å². The van der Waals surface area contributed by atoms with Crippen LogP contribution in [0.25, 0.3) is 0 Å². The summed E-state index contributed by atoms with van der Waals surface area (Å²) in [5.41, 5.74) is -0.650. The Balaban J connectivity index is 2.52. The Bertz CT molecular complexity index is 484. The zero-order valence-corrected chi connectivity index (χ0v) is 16.6. The molecule has 26 heavy (non-hydrogen) atoms. The smallest absolute Gasteiger partial charge is 0.408 e. The van der Waals surface area contributed by atoms with Crippen molar-refractivity contribution in [1.82, 2.24) is 15.5 Å². The van der Waals surface area contributed by atoms with Gasteiger partial charge in [0.05, 0.1) is 7.11 Å². The summed E-state index contributed by atoms with van der Waals surface area (Å²) in [6.07, 6.45) is 3.35. The molecule has 0 bridgehead atoms. The highest BCUT2D eigenvalue weighted by Crippen LogP contribution is 2.10. The van der Waals surface area contributed by atoms with Crippen LogP contribution < -0.4 is 10.6 Å². The molecule has 1 aliphatic heterocycles. The Morgan fingerprint density at radius 1 is 1.08 bits per heavy atom. The molecule has 1 fully saturated rings. The lowest BCUT2D eigenvalue weighted by Gasteiger charge is -2.28. The minimum absolute atomic E-state index is 0.454. The molecule has 0 saturated carbocycles. The largest absolute Gasteiger partial charge is 0.467 e. The average molecular weight is 371 g/mol. The first kappa shape index (κ1) is 22.2. The van der Waals surface area contributed by atoms with E-state index in [0.29, 0.717) is 13.0 Å². The predicted molar refractivity (Wildman–Crippen MR) is 97.7 cm³/mol.